The van der Waals surface area contributed by atoms with Crippen LogP contribution in [-0.4, -0.2) is 16.2 Å². The van der Waals surface area contributed by atoms with Gasteiger partial charge in [-0.05, 0) is 26.2 Å². The van der Waals surface area contributed by atoms with E-state index in [0.717, 1.165) is 23.5 Å². The maximum absolute atomic E-state index is 9.87. The van der Waals surface area contributed by atoms with Crippen molar-refractivity contribution >= 4 is 11.3 Å². The molecule has 86 valence electrons. The predicted octanol–water partition coefficient (Wildman–Crippen LogP) is 3.10. The van der Waals surface area contributed by atoms with Crippen molar-refractivity contribution in [2.24, 2.45) is 5.92 Å². The van der Waals surface area contributed by atoms with Crippen LogP contribution in [0.5, 0.6) is 0 Å². The first-order valence-electron chi connectivity index (χ1n) is 5.63. The number of aliphatic hydroxyl groups excluding tert-OH is 1. The van der Waals surface area contributed by atoms with Gasteiger partial charge in [-0.15, -0.1) is 11.3 Å². The number of hydrogen-bond donors (Lipinski definition) is 1. The normalized spacial score (nSPS) is 15.3. The summed E-state index contributed by atoms with van der Waals surface area (Å²) in [6.45, 7) is 8.45. The van der Waals surface area contributed by atoms with Crippen molar-refractivity contribution < 1.29 is 5.11 Å². The van der Waals surface area contributed by atoms with E-state index in [0.29, 0.717) is 12.3 Å². The molecular weight excluding hydrogens is 206 g/mol. The summed E-state index contributed by atoms with van der Waals surface area (Å²) in [5.74, 6) is 0.599. The van der Waals surface area contributed by atoms with Crippen molar-refractivity contribution in [2.45, 2.75) is 53.1 Å². The van der Waals surface area contributed by atoms with Gasteiger partial charge in [0.1, 0.15) is 0 Å². The fourth-order valence-corrected chi connectivity index (χ4v) is 2.55. The average Bonchev–Trinajstić information content (AvgIpc) is 2.45. The SMILES string of the molecule is CCC(C)CC(O)Cc1nc(C)c(C)s1. The molecular formula is C12H21NOS. The lowest BCUT2D eigenvalue weighted by Gasteiger charge is -2.13. The standard InChI is InChI=1S/C12H21NOS/c1-5-8(2)6-11(14)7-12-13-9(3)10(4)15-12/h8,11,14H,5-7H2,1-4H3. The zero-order valence-corrected chi connectivity index (χ0v) is 10.9. The van der Waals surface area contributed by atoms with Gasteiger partial charge in [0, 0.05) is 11.3 Å². The third-order valence-corrected chi connectivity index (χ3v) is 3.95. The Morgan fingerprint density at radius 2 is 2.07 bits per heavy atom. The lowest BCUT2D eigenvalue weighted by Crippen LogP contribution is -2.14. The molecule has 1 aromatic heterocycles. The van der Waals surface area contributed by atoms with Crippen LogP contribution in [0.3, 0.4) is 0 Å². The van der Waals surface area contributed by atoms with Gasteiger partial charge in [0.15, 0.2) is 0 Å². The topological polar surface area (TPSA) is 33.1 Å². The molecule has 0 saturated heterocycles. The maximum Gasteiger partial charge on any atom is 0.0956 e. The number of aliphatic hydroxyl groups is 1. The Hall–Kier alpha value is -0.410. The third kappa shape index (κ3) is 3.92. The number of rotatable bonds is 5. The Bertz CT molecular complexity index is 289. The van der Waals surface area contributed by atoms with Gasteiger partial charge in [0.2, 0.25) is 0 Å². The molecule has 1 rings (SSSR count). The second-order valence-electron chi connectivity index (χ2n) is 4.36. The summed E-state index contributed by atoms with van der Waals surface area (Å²) in [6.07, 6.45) is 2.50. The molecule has 0 radical (unpaired) electrons. The van der Waals surface area contributed by atoms with Crippen molar-refractivity contribution in [2.75, 3.05) is 0 Å². The number of aromatic nitrogens is 1. The Morgan fingerprint density at radius 3 is 2.53 bits per heavy atom. The van der Waals surface area contributed by atoms with Crippen LogP contribution in [0.15, 0.2) is 0 Å². The minimum absolute atomic E-state index is 0.232. The molecule has 0 saturated carbocycles. The van der Waals surface area contributed by atoms with E-state index in [1.165, 1.54) is 4.88 Å². The van der Waals surface area contributed by atoms with Crippen molar-refractivity contribution in [3.05, 3.63) is 15.6 Å². The van der Waals surface area contributed by atoms with Gasteiger partial charge >= 0.3 is 0 Å². The van der Waals surface area contributed by atoms with Crippen LogP contribution in [0.4, 0.5) is 0 Å². The van der Waals surface area contributed by atoms with E-state index in [9.17, 15) is 5.11 Å². The van der Waals surface area contributed by atoms with E-state index in [1.807, 2.05) is 6.92 Å². The Labute approximate surface area is 96.4 Å². The molecule has 1 N–H and O–H groups in total. The van der Waals surface area contributed by atoms with E-state index in [-0.39, 0.29) is 6.10 Å². The number of nitrogens with zero attached hydrogens (tertiary/aromatic N) is 1. The first-order valence-corrected chi connectivity index (χ1v) is 6.45. The highest BCUT2D eigenvalue weighted by Crippen LogP contribution is 2.20. The molecule has 0 amide bonds. The van der Waals surface area contributed by atoms with Crippen LogP contribution in [-0.2, 0) is 6.42 Å². The zero-order chi connectivity index (χ0) is 11.4. The predicted molar refractivity (Wildman–Crippen MR) is 65.4 cm³/mol. The highest BCUT2D eigenvalue weighted by Gasteiger charge is 2.12. The van der Waals surface area contributed by atoms with Crippen LogP contribution in [0.1, 0.15) is 42.3 Å². The molecule has 15 heavy (non-hydrogen) atoms. The van der Waals surface area contributed by atoms with Crippen LogP contribution >= 0.6 is 11.3 Å². The summed E-state index contributed by atoms with van der Waals surface area (Å²) in [6, 6.07) is 0. The van der Waals surface area contributed by atoms with Gasteiger partial charge in [-0.25, -0.2) is 4.98 Å². The zero-order valence-electron chi connectivity index (χ0n) is 10.1. The van der Waals surface area contributed by atoms with Crippen molar-refractivity contribution in [1.82, 2.24) is 4.98 Å². The minimum atomic E-state index is -0.232. The van der Waals surface area contributed by atoms with Crippen LogP contribution in [0.2, 0.25) is 0 Å². The molecule has 0 aliphatic rings. The first kappa shape index (κ1) is 12.7. The molecule has 0 aliphatic carbocycles. The molecule has 1 heterocycles. The smallest absolute Gasteiger partial charge is 0.0956 e. The van der Waals surface area contributed by atoms with E-state index in [2.05, 4.69) is 25.8 Å². The molecule has 0 fully saturated rings. The quantitative estimate of drug-likeness (QED) is 0.838. The van der Waals surface area contributed by atoms with E-state index in [4.69, 9.17) is 0 Å². The van der Waals surface area contributed by atoms with E-state index >= 15 is 0 Å². The maximum atomic E-state index is 9.87. The van der Waals surface area contributed by atoms with Gasteiger partial charge in [-0.1, -0.05) is 20.3 Å². The van der Waals surface area contributed by atoms with E-state index < -0.39 is 0 Å². The summed E-state index contributed by atoms with van der Waals surface area (Å²) in [4.78, 5) is 5.71. The van der Waals surface area contributed by atoms with Crippen molar-refractivity contribution in [1.29, 1.82) is 0 Å². The molecule has 2 unspecified atom stereocenters. The lowest BCUT2D eigenvalue weighted by atomic mass is 10.00. The summed E-state index contributed by atoms with van der Waals surface area (Å²) < 4.78 is 0. The number of hydrogen-bond acceptors (Lipinski definition) is 3. The largest absolute Gasteiger partial charge is 0.393 e. The summed E-state index contributed by atoms with van der Waals surface area (Å²) in [7, 11) is 0. The van der Waals surface area contributed by atoms with Gasteiger partial charge < -0.3 is 5.11 Å². The molecule has 0 spiro atoms. The Kier molecular flexibility index (Phi) is 4.74. The molecule has 2 atom stereocenters. The van der Waals surface area contributed by atoms with Crippen molar-refractivity contribution in [3.63, 3.8) is 0 Å². The van der Waals surface area contributed by atoms with Crippen LogP contribution in [0, 0.1) is 19.8 Å². The average molecular weight is 227 g/mol. The van der Waals surface area contributed by atoms with Gasteiger partial charge in [0.25, 0.3) is 0 Å². The molecule has 2 nitrogen and oxygen atoms in total. The summed E-state index contributed by atoms with van der Waals surface area (Å²) in [5, 5.41) is 10.9. The summed E-state index contributed by atoms with van der Waals surface area (Å²) in [5.41, 5.74) is 1.10. The Morgan fingerprint density at radius 1 is 1.40 bits per heavy atom. The van der Waals surface area contributed by atoms with Crippen LogP contribution < -0.4 is 0 Å². The number of aryl methyl sites for hydroxylation is 2. The van der Waals surface area contributed by atoms with Gasteiger partial charge in [-0.2, -0.15) is 0 Å². The van der Waals surface area contributed by atoms with Gasteiger partial charge in [0.05, 0.1) is 16.8 Å². The third-order valence-electron chi connectivity index (χ3n) is 2.85. The second kappa shape index (κ2) is 5.61. The van der Waals surface area contributed by atoms with Crippen LogP contribution in [0.25, 0.3) is 0 Å². The highest BCUT2D eigenvalue weighted by atomic mass is 32.1. The molecule has 3 heteroatoms. The fourth-order valence-electron chi connectivity index (χ4n) is 1.54. The molecule has 1 aromatic rings. The number of thiazole rings is 1. The first-order chi connectivity index (χ1) is 7.02. The van der Waals surface area contributed by atoms with Gasteiger partial charge in [-0.3, -0.25) is 0 Å². The monoisotopic (exact) mass is 227 g/mol. The minimum Gasteiger partial charge on any atom is -0.393 e. The fraction of sp³-hybridized carbons (Fsp3) is 0.750. The second-order valence-corrected chi connectivity index (χ2v) is 5.64. The molecule has 0 bridgehead atoms. The van der Waals surface area contributed by atoms with Crippen molar-refractivity contribution in [3.8, 4) is 0 Å². The molecule has 0 aliphatic heterocycles. The Balaban J connectivity index is 2.47. The summed E-state index contributed by atoms with van der Waals surface area (Å²) >= 11 is 1.71. The highest BCUT2D eigenvalue weighted by molar-refractivity contribution is 7.11. The lowest BCUT2D eigenvalue weighted by molar-refractivity contribution is 0.144. The molecule has 0 aromatic carbocycles. The van der Waals surface area contributed by atoms with E-state index in [1.54, 1.807) is 11.3 Å².